The highest BCUT2D eigenvalue weighted by molar-refractivity contribution is 5.92. The van der Waals surface area contributed by atoms with E-state index in [1.165, 1.54) is 5.56 Å². The average molecular weight is 386 g/mol. The Morgan fingerprint density at radius 1 is 0.607 bits per heavy atom. The normalized spacial score (nSPS) is 11.6. The number of benzene rings is 2. The molecular formula is C23H30O5. The van der Waals surface area contributed by atoms with Crippen LogP contribution in [0.15, 0.2) is 18.2 Å². The summed E-state index contributed by atoms with van der Waals surface area (Å²) < 4.78 is 30.2. The van der Waals surface area contributed by atoms with E-state index < -0.39 is 0 Å². The first kappa shape index (κ1) is 20.2. The zero-order valence-corrected chi connectivity index (χ0v) is 17.5. The standard InChI is InChI=1S/C23H30O5/c1-6-24-17-13-11-12-15-14-16-19(18(15)17)21(26-8-3)23(28-10-5)22(27-9-4)20(16)25-7-2/h11-13H,6-10,14H2,1-5H3. The lowest BCUT2D eigenvalue weighted by atomic mass is 10.0. The lowest BCUT2D eigenvalue weighted by molar-refractivity contribution is 0.244. The van der Waals surface area contributed by atoms with E-state index in [2.05, 4.69) is 6.07 Å². The maximum atomic E-state index is 6.13. The molecule has 0 atom stereocenters. The van der Waals surface area contributed by atoms with Crippen molar-refractivity contribution in [2.24, 2.45) is 0 Å². The number of hydrogen-bond donors (Lipinski definition) is 0. The molecule has 0 aliphatic heterocycles. The summed E-state index contributed by atoms with van der Waals surface area (Å²) in [7, 11) is 0. The van der Waals surface area contributed by atoms with E-state index in [1.54, 1.807) is 0 Å². The molecule has 0 spiro atoms. The summed E-state index contributed by atoms with van der Waals surface area (Å²) in [6.45, 7) is 12.6. The SMILES string of the molecule is CCOc1cccc2c1-c1c(c(OCC)c(OCC)c(OCC)c1OCC)C2. The second kappa shape index (κ2) is 9.09. The molecule has 2 aromatic carbocycles. The first-order valence-corrected chi connectivity index (χ1v) is 10.2. The lowest BCUT2D eigenvalue weighted by Gasteiger charge is -2.23. The molecule has 0 radical (unpaired) electrons. The van der Waals surface area contributed by atoms with Gasteiger partial charge in [0, 0.05) is 23.1 Å². The van der Waals surface area contributed by atoms with Crippen molar-refractivity contribution in [1.29, 1.82) is 0 Å². The van der Waals surface area contributed by atoms with E-state index in [0.717, 1.165) is 34.6 Å². The van der Waals surface area contributed by atoms with Crippen LogP contribution < -0.4 is 23.7 Å². The van der Waals surface area contributed by atoms with Crippen LogP contribution in [0, 0.1) is 0 Å². The molecule has 0 fully saturated rings. The second-order valence-electron chi connectivity index (χ2n) is 6.30. The Bertz CT molecular complexity index is 828. The van der Waals surface area contributed by atoms with Crippen molar-refractivity contribution in [2.45, 2.75) is 41.0 Å². The zero-order chi connectivity index (χ0) is 20.1. The third kappa shape index (κ3) is 3.46. The Morgan fingerprint density at radius 3 is 1.75 bits per heavy atom. The van der Waals surface area contributed by atoms with Crippen molar-refractivity contribution < 1.29 is 23.7 Å². The van der Waals surface area contributed by atoms with E-state index in [-0.39, 0.29) is 0 Å². The molecule has 3 rings (SSSR count). The van der Waals surface area contributed by atoms with Crippen LogP contribution in [0.3, 0.4) is 0 Å². The Morgan fingerprint density at radius 2 is 1.14 bits per heavy atom. The molecule has 0 N–H and O–H groups in total. The molecule has 0 heterocycles. The van der Waals surface area contributed by atoms with Gasteiger partial charge in [-0.2, -0.15) is 0 Å². The highest BCUT2D eigenvalue weighted by atomic mass is 16.6. The molecule has 1 aliphatic carbocycles. The summed E-state index contributed by atoms with van der Waals surface area (Å²) in [6, 6.07) is 6.16. The Labute approximate surface area is 167 Å². The van der Waals surface area contributed by atoms with Gasteiger partial charge in [0.15, 0.2) is 11.5 Å². The maximum absolute atomic E-state index is 6.13. The summed E-state index contributed by atoms with van der Waals surface area (Å²) in [5.74, 6) is 3.53. The summed E-state index contributed by atoms with van der Waals surface area (Å²) in [4.78, 5) is 0. The van der Waals surface area contributed by atoms with Crippen LogP contribution in [0.5, 0.6) is 28.7 Å². The highest BCUT2D eigenvalue weighted by Crippen LogP contribution is 2.59. The predicted molar refractivity (Wildman–Crippen MR) is 111 cm³/mol. The molecule has 0 unspecified atom stereocenters. The molecular weight excluding hydrogens is 356 g/mol. The fourth-order valence-electron chi connectivity index (χ4n) is 3.74. The van der Waals surface area contributed by atoms with Crippen LogP contribution in [-0.4, -0.2) is 33.0 Å². The third-order valence-corrected chi connectivity index (χ3v) is 4.61. The van der Waals surface area contributed by atoms with Gasteiger partial charge in [0.1, 0.15) is 5.75 Å². The minimum absolute atomic E-state index is 0.504. The minimum Gasteiger partial charge on any atom is -0.493 e. The monoisotopic (exact) mass is 386 g/mol. The van der Waals surface area contributed by atoms with Gasteiger partial charge in [0.2, 0.25) is 11.5 Å². The summed E-state index contributed by atoms with van der Waals surface area (Å²) in [5, 5.41) is 0. The van der Waals surface area contributed by atoms with Crippen LogP contribution >= 0.6 is 0 Å². The fourth-order valence-corrected chi connectivity index (χ4v) is 3.74. The zero-order valence-electron chi connectivity index (χ0n) is 17.5. The molecule has 0 bridgehead atoms. The molecule has 0 saturated heterocycles. The van der Waals surface area contributed by atoms with Gasteiger partial charge >= 0.3 is 0 Å². The van der Waals surface area contributed by atoms with Gasteiger partial charge in [-0.05, 0) is 46.2 Å². The van der Waals surface area contributed by atoms with Crippen molar-refractivity contribution in [1.82, 2.24) is 0 Å². The predicted octanol–water partition coefficient (Wildman–Crippen LogP) is 5.25. The molecule has 152 valence electrons. The van der Waals surface area contributed by atoms with Crippen molar-refractivity contribution >= 4 is 0 Å². The van der Waals surface area contributed by atoms with Gasteiger partial charge in [-0.15, -0.1) is 0 Å². The minimum atomic E-state index is 0.504. The van der Waals surface area contributed by atoms with Crippen LogP contribution in [-0.2, 0) is 6.42 Å². The van der Waals surface area contributed by atoms with Crippen molar-refractivity contribution in [3.05, 3.63) is 29.3 Å². The Hall–Kier alpha value is -2.56. The first-order valence-electron chi connectivity index (χ1n) is 10.2. The number of rotatable bonds is 10. The maximum Gasteiger partial charge on any atom is 0.208 e. The summed E-state index contributed by atoms with van der Waals surface area (Å²) in [5.41, 5.74) is 4.32. The molecule has 5 heteroatoms. The quantitative estimate of drug-likeness (QED) is 0.476. The van der Waals surface area contributed by atoms with Crippen LogP contribution in [0.2, 0.25) is 0 Å². The highest BCUT2D eigenvalue weighted by Gasteiger charge is 2.35. The first-order chi connectivity index (χ1) is 13.7. The van der Waals surface area contributed by atoms with Gasteiger partial charge in [-0.25, -0.2) is 0 Å². The smallest absolute Gasteiger partial charge is 0.208 e. The van der Waals surface area contributed by atoms with Gasteiger partial charge in [-0.1, -0.05) is 12.1 Å². The fraction of sp³-hybridized carbons (Fsp3) is 0.478. The van der Waals surface area contributed by atoms with E-state index in [4.69, 9.17) is 23.7 Å². The van der Waals surface area contributed by atoms with E-state index in [9.17, 15) is 0 Å². The third-order valence-electron chi connectivity index (χ3n) is 4.61. The molecule has 0 aromatic heterocycles. The number of fused-ring (bicyclic) bond motifs is 3. The van der Waals surface area contributed by atoms with Crippen molar-refractivity contribution in [2.75, 3.05) is 33.0 Å². The van der Waals surface area contributed by atoms with Crippen molar-refractivity contribution in [3.8, 4) is 39.9 Å². The summed E-state index contributed by atoms with van der Waals surface area (Å²) in [6.07, 6.45) is 0.744. The van der Waals surface area contributed by atoms with Gasteiger partial charge in [0.05, 0.1) is 33.0 Å². The van der Waals surface area contributed by atoms with Crippen molar-refractivity contribution in [3.63, 3.8) is 0 Å². The van der Waals surface area contributed by atoms with Gasteiger partial charge < -0.3 is 23.7 Å². The molecule has 5 nitrogen and oxygen atoms in total. The Kier molecular flexibility index (Phi) is 6.55. The number of hydrogen-bond acceptors (Lipinski definition) is 5. The molecule has 1 aliphatic rings. The van der Waals surface area contributed by atoms with Gasteiger partial charge in [-0.3, -0.25) is 0 Å². The summed E-state index contributed by atoms with van der Waals surface area (Å²) >= 11 is 0. The Balaban J connectivity index is 2.36. The van der Waals surface area contributed by atoms with E-state index >= 15 is 0 Å². The second-order valence-corrected chi connectivity index (χ2v) is 6.30. The number of ether oxygens (including phenoxy) is 5. The average Bonchev–Trinajstić information content (AvgIpc) is 3.08. The molecule has 0 saturated carbocycles. The molecule has 28 heavy (non-hydrogen) atoms. The topological polar surface area (TPSA) is 46.2 Å². The molecule has 2 aromatic rings. The van der Waals surface area contributed by atoms with Crippen LogP contribution in [0.4, 0.5) is 0 Å². The lowest BCUT2D eigenvalue weighted by Crippen LogP contribution is -2.08. The molecule has 0 amide bonds. The van der Waals surface area contributed by atoms with Crippen LogP contribution in [0.1, 0.15) is 45.7 Å². The largest absolute Gasteiger partial charge is 0.493 e. The van der Waals surface area contributed by atoms with Crippen LogP contribution in [0.25, 0.3) is 11.1 Å². The van der Waals surface area contributed by atoms with E-state index in [1.807, 2.05) is 46.8 Å². The van der Waals surface area contributed by atoms with E-state index in [0.29, 0.717) is 50.3 Å². The van der Waals surface area contributed by atoms with Gasteiger partial charge in [0.25, 0.3) is 0 Å².